The molecule has 2 heterocycles. The molecule has 1 amide bonds. The number of aromatic nitrogens is 1. The van der Waals surface area contributed by atoms with E-state index in [-0.39, 0.29) is 12.5 Å². The van der Waals surface area contributed by atoms with Crippen LogP contribution in [-0.4, -0.2) is 35.5 Å². The first-order valence-electron chi connectivity index (χ1n) is 8.77. The number of anilines is 1. The van der Waals surface area contributed by atoms with Crippen molar-refractivity contribution in [2.75, 3.05) is 25.0 Å². The summed E-state index contributed by atoms with van der Waals surface area (Å²) in [6, 6.07) is 5.85. The van der Waals surface area contributed by atoms with Crippen molar-refractivity contribution >= 4 is 22.4 Å². The maximum Gasteiger partial charge on any atom is 0.264 e. The van der Waals surface area contributed by atoms with Crippen molar-refractivity contribution in [1.29, 1.82) is 0 Å². The minimum atomic E-state index is -0.181. The molecule has 25 heavy (non-hydrogen) atoms. The van der Waals surface area contributed by atoms with E-state index in [1.54, 1.807) is 0 Å². The normalized spacial score (nSPS) is 15.1. The first-order chi connectivity index (χ1) is 12.1. The molecule has 1 saturated heterocycles. The Morgan fingerprint density at radius 1 is 1.28 bits per heavy atom. The second-order valence-electron chi connectivity index (χ2n) is 6.52. The summed E-state index contributed by atoms with van der Waals surface area (Å²) in [6.07, 6.45) is 3.86. The molecule has 3 rings (SSSR count). The van der Waals surface area contributed by atoms with Crippen LogP contribution >= 0.6 is 11.3 Å². The van der Waals surface area contributed by atoms with Gasteiger partial charge in [-0.05, 0) is 57.0 Å². The van der Waals surface area contributed by atoms with Crippen molar-refractivity contribution in [2.45, 2.75) is 39.7 Å². The summed E-state index contributed by atoms with van der Waals surface area (Å²) in [4.78, 5) is 19.0. The number of carbonyl (C=O) groups is 1. The summed E-state index contributed by atoms with van der Waals surface area (Å²) >= 11 is 1.47. The Hall–Kier alpha value is -1.92. The van der Waals surface area contributed by atoms with Gasteiger partial charge < -0.3 is 4.74 Å². The van der Waals surface area contributed by atoms with Crippen LogP contribution in [0.25, 0.3) is 0 Å². The van der Waals surface area contributed by atoms with E-state index in [0.717, 1.165) is 42.2 Å². The predicted molar refractivity (Wildman–Crippen MR) is 101 cm³/mol. The predicted octanol–water partition coefficient (Wildman–Crippen LogP) is 3.76. The molecule has 0 radical (unpaired) electrons. The SMILES string of the molecule is Cc1cccc(OCC(=O)Nc2nc(CN3CCCCC3)cs2)c1C. The lowest BCUT2D eigenvalue weighted by atomic mass is 10.1. The van der Waals surface area contributed by atoms with Crippen LogP contribution < -0.4 is 10.1 Å². The van der Waals surface area contributed by atoms with Gasteiger partial charge in [0.05, 0.1) is 5.69 Å². The van der Waals surface area contributed by atoms with Crippen molar-refractivity contribution < 1.29 is 9.53 Å². The van der Waals surface area contributed by atoms with Gasteiger partial charge in [-0.1, -0.05) is 18.6 Å². The van der Waals surface area contributed by atoms with Gasteiger partial charge in [-0.25, -0.2) is 4.98 Å². The monoisotopic (exact) mass is 359 g/mol. The molecule has 1 N–H and O–H groups in total. The van der Waals surface area contributed by atoms with Gasteiger partial charge in [0.25, 0.3) is 5.91 Å². The molecule has 5 nitrogen and oxygen atoms in total. The van der Waals surface area contributed by atoms with Crippen LogP contribution in [0.3, 0.4) is 0 Å². The number of benzene rings is 1. The maximum absolute atomic E-state index is 12.1. The van der Waals surface area contributed by atoms with Crippen LogP contribution in [0.1, 0.15) is 36.1 Å². The van der Waals surface area contributed by atoms with Crippen molar-refractivity contribution in [3.63, 3.8) is 0 Å². The van der Waals surface area contributed by atoms with Crippen LogP contribution in [0.5, 0.6) is 5.75 Å². The number of aryl methyl sites for hydroxylation is 1. The Labute approximate surface area is 153 Å². The van der Waals surface area contributed by atoms with Gasteiger partial charge in [-0.15, -0.1) is 11.3 Å². The Kier molecular flexibility index (Phi) is 6.04. The Morgan fingerprint density at radius 2 is 2.08 bits per heavy atom. The third-order valence-corrected chi connectivity index (χ3v) is 5.35. The summed E-state index contributed by atoms with van der Waals surface area (Å²) in [6.45, 7) is 7.17. The number of nitrogens with zero attached hydrogens (tertiary/aromatic N) is 2. The van der Waals surface area contributed by atoms with Crippen LogP contribution in [0.15, 0.2) is 23.6 Å². The highest BCUT2D eigenvalue weighted by Crippen LogP contribution is 2.21. The molecule has 1 aromatic carbocycles. The van der Waals surface area contributed by atoms with Gasteiger partial charge in [-0.2, -0.15) is 0 Å². The number of likely N-dealkylation sites (tertiary alicyclic amines) is 1. The van der Waals surface area contributed by atoms with E-state index in [2.05, 4.69) is 15.2 Å². The number of piperidine rings is 1. The second-order valence-corrected chi connectivity index (χ2v) is 7.37. The molecule has 1 fully saturated rings. The molecule has 0 saturated carbocycles. The summed E-state index contributed by atoms with van der Waals surface area (Å²) in [5.41, 5.74) is 3.24. The number of amides is 1. The Morgan fingerprint density at radius 3 is 2.88 bits per heavy atom. The van der Waals surface area contributed by atoms with Gasteiger partial charge >= 0.3 is 0 Å². The molecule has 0 bridgehead atoms. The molecule has 134 valence electrons. The van der Waals surface area contributed by atoms with Crippen molar-refractivity contribution in [3.05, 3.63) is 40.4 Å². The molecular weight excluding hydrogens is 334 g/mol. The van der Waals surface area contributed by atoms with Crippen molar-refractivity contribution in [3.8, 4) is 5.75 Å². The van der Waals surface area contributed by atoms with E-state index in [1.807, 2.05) is 37.4 Å². The molecule has 1 aromatic heterocycles. The quantitative estimate of drug-likeness (QED) is 0.853. The zero-order valence-corrected chi connectivity index (χ0v) is 15.7. The van der Waals surface area contributed by atoms with Gasteiger partial charge in [-0.3, -0.25) is 15.0 Å². The zero-order chi connectivity index (χ0) is 17.6. The summed E-state index contributed by atoms with van der Waals surface area (Å²) in [5, 5.41) is 5.49. The van der Waals surface area contributed by atoms with E-state index in [0.29, 0.717) is 5.13 Å². The maximum atomic E-state index is 12.1. The average molecular weight is 359 g/mol. The standard InChI is InChI=1S/C19H25N3O2S/c1-14-7-6-8-17(15(14)2)24-12-18(23)21-19-20-16(13-25-19)11-22-9-4-3-5-10-22/h6-8,13H,3-5,9-12H2,1-2H3,(H,20,21,23). The third-order valence-electron chi connectivity index (χ3n) is 4.55. The first-order valence-corrected chi connectivity index (χ1v) is 9.65. The smallest absolute Gasteiger partial charge is 0.264 e. The van der Waals surface area contributed by atoms with Crippen LogP contribution in [0, 0.1) is 13.8 Å². The number of nitrogens with one attached hydrogen (secondary N) is 1. The lowest BCUT2D eigenvalue weighted by Gasteiger charge is -2.25. The number of thiazole rings is 1. The molecule has 1 aliphatic heterocycles. The lowest BCUT2D eigenvalue weighted by Crippen LogP contribution is -2.29. The van der Waals surface area contributed by atoms with Crippen LogP contribution in [0.2, 0.25) is 0 Å². The number of rotatable bonds is 6. The van der Waals surface area contributed by atoms with Crippen LogP contribution in [0.4, 0.5) is 5.13 Å². The molecule has 6 heteroatoms. The molecule has 2 aromatic rings. The van der Waals surface area contributed by atoms with Crippen LogP contribution in [-0.2, 0) is 11.3 Å². The van der Waals surface area contributed by atoms with Crippen molar-refractivity contribution in [2.24, 2.45) is 0 Å². The fraction of sp³-hybridized carbons (Fsp3) is 0.474. The fourth-order valence-electron chi connectivity index (χ4n) is 2.96. The molecule has 0 spiro atoms. The van der Waals surface area contributed by atoms with E-state index in [4.69, 9.17) is 4.74 Å². The highest BCUT2D eigenvalue weighted by atomic mass is 32.1. The number of hydrogen-bond acceptors (Lipinski definition) is 5. The highest BCUT2D eigenvalue weighted by molar-refractivity contribution is 7.13. The summed E-state index contributed by atoms with van der Waals surface area (Å²) in [5.74, 6) is 0.569. The van der Waals surface area contributed by atoms with Gasteiger partial charge in [0.1, 0.15) is 5.75 Å². The van der Waals surface area contributed by atoms with Gasteiger partial charge in [0, 0.05) is 11.9 Å². The van der Waals surface area contributed by atoms with E-state index in [9.17, 15) is 4.79 Å². The Balaban J connectivity index is 1.48. The molecule has 0 atom stereocenters. The largest absolute Gasteiger partial charge is 0.483 e. The lowest BCUT2D eigenvalue weighted by molar-refractivity contribution is -0.118. The van der Waals surface area contributed by atoms with Gasteiger partial charge in [0.15, 0.2) is 11.7 Å². The van der Waals surface area contributed by atoms with E-state index < -0.39 is 0 Å². The number of ether oxygens (including phenoxy) is 1. The Bertz CT molecular complexity index is 723. The topological polar surface area (TPSA) is 54.5 Å². The molecule has 1 aliphatic rings. The number of carbonyl (C=O) groups excluding carboxylic acids is 1. The van der Waals surface area contributed by atoms with E-state index in [1.165, 1.54) is 30.6 Å². The van der Waals surface area contributed by atoms with E-state index >= 15 is 0 Å². The molecule has 0 aliphatic carbocycles. The minimum absolute atomic E-state index is 0.00860. The third kappa shape index (κ3) is 5.03. The molecule has 0 unspecified atom stereocenters. The molecular formula is C19H25N3O2S. The second kappa shape index (κ2) is 8.45. The average Bonchev–Trinajstić information content (AvgIpc) is 3.04. The van der Waals surface area contributed by atoms with Gasteiger partial charge in [0.2, 0.25) is 0 Å². The van der Waals surface area contributed by atoms with Crippen molar-refractivity contribution in [1.82, 2.24) is 9.88 Å². The highest BCUT2D eigenvalue weighted by Gasteiger charge is 2.13. The number of hydrogen-bond donors (Lipinski definition) is 1. The zero-order valence-electron chi connectivity index (χ0n) is 14.9. The fourth-order valence-corrected chi connectivity index (χ4v) is 3.68. The summed E-state index contributed by atoms with van der Waals surface area (Å²) < 4.78 is 5.64. The first kappa shape index (κ1) is 17.9. The minimum Gasteiger partial charge on any atom is -0.483 e. The summed E-state index contributed by atoms with van der Waals surface area (Å²) in [7, 11) is 0.